The summed E-state index contributed by atoms with van der Waals surface area (Å²) in [5.74, 6) is 0.898. The van der Waals surface area contributed by atoms with Gasteiger partial charge in [0, 0.05) is 24.8 Å². The minimum absolute atomic E-state index is 0.508. The van der Waals surface area contributed by atoms with Gasteiger partial charge in [0.2, 0.25) is 0 Å². The molecule has 3 rings (SSSR count). The van der Waals surface area contributed by atoms with Crippen LogP contribution < -0.4 is 5.32 Å². The van der Waals surface area contributed by atoms with Gasteiger partial charge >= 0.3 is 0 Å². The molecule has 4 nitrogen and oxygen atoms in total. The molecule has 0 aliphatic carbocycles. The fourth-order valence-electron chi connectivity index (χ4n) is 3.85. The van der Waals surface area contributed by atoms with Crippen LogP contribution in [-0.4, -0.2) is 40.6 Å². The van der Waals surface area contributed by atoms with Crippen molar-refractivity contribution in [3.63, 3.8) is 0 Å². The van der Waals surface area contributed by atoms with Gasteiger partial charge in [-0.15, -0.1) is 0 Å². The molecule has 1 aromatic rings. The summed E-state index contributed by atoms with van der Waals surface area (Å²) >= 11 is 0. The third-order valence-electron chi connectivity index (χ3n) is 5.33. The van der Waals surface area contributed by atoms with Crippen LogP contribution in [-0.2, 0) is 6.54 Å². The van der Waals surface area contributed by atoms with E-state index >= 15 is 0 Å². The van der Waals surface area contributed by atoms with E-state index in [0.717, 1.165) is 12.5 Å². The highest BCUT2D eigenvalue weighted by molar-refractivity contribution is 5.07. The van der Waals surface area contributed by atoms with Gasteiger partial charge in [-0.3, -0.25) is 0 Å². The molecule has 2 fully saturated rings. The maximum absolute atomic E-state index is 4.41. The van der Waals surface area contributed by atoms with Crippen molar-refractivity contribution in [3.05, 3.63) is 18.2 Å². The number of aryl methyl sites for hydroxylation is 1. The minimum Gasteiger partial charge on any atom is -0.333 e. The average Bonchev–Trinajstić information content (AvgIpc) is 2.95. The second kappa shape index (κ2) is 6.93. The third-order valence-corrected chi connectivity index (χ3v) is 5.33. The van der Waals surface area contributed by atoms with Crippen LogP contribution in [0.25, 0.3) is 0 Å². The van der Waals surface area contributed by atoms with Gasteiger partial charge in [-0.2, -0.15) is 0 Å². The van der Waals surface area contributed by atoms with Gasteiger partial charge in [-0.1, -0.05) is 0 Å². The van der Waals surface area contributed by atoms with Crippen LogP contribution in [0.5, 0.6) is 0 Å². The first kappa shape index (κ1) is 15.0. The topological polar surface area (TPSA) is 33.1 Å². The van der Waals surface area contributed by atoms with Gasteiger partial charge in [0.15, 0.2) is 0 Å². The van der Waals surface area contributed by atoms with Gasteiger partial charge in [-0.25, -0.2) is 4.98 Å². The molecule has 1 N–H and O–H groups in total. The summed E-state index contributed by atoms with van der Waals surface area (Å²) in [6.45, 7) is 5.97. The van der Waals surface area contributed by atoms with Gasteiger partial charge in [0.1, 0.15) is 0 Å². The molecule has 4 heteroatoms. The second-order valence-corrected chi connectivity index (χ2v) is 7.10. The molecular formula is C17H30N4. The standard InChI is InChI=1S/C17H30N4/c1-14-4-3-5-16(19-14)17-12-18-13-21(17)11-8-15-6-9-20(2)10-7-15/h12-16,19H,3-11H2,1-2H3. The van der Waals surface area contributed by atoms with Crippen molar-refractivity contribution < 1.29 is 0 Å². The van der Waals surface area contributed by atoms with E-state index in [2.05, 4.69) is 39.9 Å². The molecular weight excluding hydrogens is 260 g/mol. The lowest BCUT2D eigenvalue weighted by Gasteiger charge is -2.31. The van der Waals surface area contributed by atoms with Crippen molar-refractivity contribution >= 4 is 0 Å². The van der Waals surface area contributed by atoms with Crippen molar-refractivity contribution in [3.8, 4) is 0 Å². The zero-order chi connectivity index (χ0) is 14.7. The largest absolute Gasteiger partial charge is 0.333 e. The number of nitrogens with zero attached hydrogens (tertiary/aromatic N) is 3. The van der Waals surface area contributed by atoms with Crippen LogP contribution in [0.15, 0.2) is 12.5 Å². The Bertz CT molecular complexity index is 434. The number of imidazole rings is 1. The number of likely N-dealkylation sites (tertiary alicyclic amines) is 1. The van der Waals surface area contributed by atoms with Crippen molar-refractivity contribution in [1.82, 2.24) is 19.8 Å². The first-order chi connectivity index (χ1) is 10.2. The Kier molecular flexibility index (Phi) is 4.96. The zero-order valence-electron chi connectivity index (χ0n) is 13.6. The van der Waals surface area contributed by atoms with Crippen LogP contribution >= 0.6 is 0 Å². The predicted octanol–water partition coefficient (Wildman–Crippen LogP) is 2.82. The molecule has 2 unspecified atom stereocenters. The maximum Gasteiger partial charge on any atom is 0.0948 e. The first-order valence-corrected chi connectivity index (χ1v) is 8.67. The Morgan fingerprint density at radius 1 is 1.24 bits per heavy atom. The van der Waals surface area contributed by atoms with E-state index in [1.807, 2.05) is 6.33 Å². The molecule has 2 saturated heterocycles. The molecule has 1 aromatic heterocycles. The van der Waals surface area contributed by atoms with Crippen LogP contribution in [0.4, 0.5) is 0 Å². The highest BCUT2D eigenvalue weighted by atomic mass is 15.1. The summed E-state index contributed by atoms with van der Waals surface area (Å²) in [6, 6.07) is 1.15. The Morgan fingerprint density at radius 3 is 2.81 bits per heavy atom. The summed E-state index contributed by atoms with van der Waals surface area (Å²) in [5, 5.41) is 3.74. The highest BCUT2D eigenvalue weighted by Gasteiger charge is 2.23. The van der Waals surface area contributed by atoms with E-state index in [1.165, 1.54) is 57.3 Å². The fraction of sp³-hybridized carbons (Fsp3) is 0.824. The lowest BCUT2D eigenvalue weighted by Crippen LogP contribution is -2.35. The first-order valence-electron chi connectivity index (χ1n) is 8.67. The van der Waals surface area contributed by atoms with Crippen molar-refractivity contribution in [2.24, 2.45) is 5.92 Å². The molecule has 118 valence electrons. The van der Waals surface area contributed by atoms with Crippen LogP contribution in [0.1, 0.15) is 57.2 Å². The number of rotatable bonds is 4. The Labute approximate surface area is 128 Å². The molecule has 2 aliphatic heterocycles. The smallest absolute Gasteiger partial charge is 0.0948 e. The minimum atomic E-state index is 0.508. The van der Waals surface area contributed by atoms with Crippen molar-refractivity contribution in [2.45, 2.75) is 64.1 Å². The van der Waals surface area contributed by atoms with Gasteiger partial charge in [-0.05, 0) is 71.5 Å². The van der Waals surface area contributed by atoms with E-state index in [0.29, 0.717) is 12.1 Å². The van der Waals surface area contributed by atoms with Crippen molar-refractivity contribution in [2.75, 3.05) is 20.1 Å². The van der Waals surface area contributed by atoms with E-state index in [9.17, 15) is 0 Å². The molecule has 0 amide bonds. The normalized spacial score (nSPS) is 28.9. The molecule has 0 bridgehead atoms. The van der Waals surface area contributed by atoms with Gasteiger partial charge < -0.3 is 14.8 Å². The van der Waals surface area contributed by atoms with E-state index in [-0.39, 0.29) is 0 Å². The van der Waals surface area contributed by atoms with E-state index in [4.69, 9.17) is 0 Å². The molecule has 21 heavy (non-hydrogen) atoms. The third kappa shape index (κ3) is 3.86. The lowest BCUT2D eigenvalue weighted by molar-refractivity contribution is 0.207. The molecule has 0 aromatic carbocycles. The number of hydrogen-bond donors (Lipinski definition) is 1. The Hall–Kier alpha value is -0.870. The summed E-state index contributed by atoms with van der Waals surface area (Å²) in [7, 11) is 2.24. The summed E-state index contributed by atoms with van der Waals surface area (Å²) in [4.78, 5) is 6.86. The molecule has 0 saturated carbocycles. The van der Waals surface area contributed by atoms with Crippen LogP contribution in [0, 0.1) is 5.92 Å². The highest BCUT2D eigenvalue weighted by Crippen LogP contribution is 2.26. The molecule has 2 aliphatic rings. The number of hydrogen-bond acceptors (Lipinski definition) is 3. The maximum atomic E-state index is 4.41. The Morgan fingerprint density at radius 2 is 2.05 bits per heavy atom. The number of aromatic nitrogens is 2. The van der Waals surface area contributed by atoms with Crippen LogP contribution in [0.2, 0.25) is 0 Å². The second-order valence-electron chi connectivity index (χ2n) is 7.10. The van der Waals surface area contributed by atoms with Gasteiger partial charge in [0.25, 0.3) is 0 Å². The van der Waals surface area contributed by atoms with E-state index < -0.39 is 0 Å². The SMILES string of the molecule is CC1CCCC(c2cncn2CCC2CCN(C)CC2)N1. The average molecular weight is 290 g/mol. The Balaban J connectivity index is 1.55. The number of piperidine rings is 2. The summed E-state index contributed by atoms with van der Waals surface area (Å²) < 4.78 is 2.40. The van der Waals surface area contributed by atoms with Gasteiger partial charge in [0.05, 0.1) is 12.0 Å². The molecule has 3 heterocycles. The van der Waals surface area contributed by atoms with Crippen molar-refractivity contribution in [1.29, 1.82) is 0 Å². The molecule has 2 atom stereocenters. The molecule has 0 radical (unpaired) electrons. The zero-order valence-corrected chi connectivity index (χ0v) is 13.6. The lowest BCUT2D eigenvalue weighted by atomic mass is 9.93. The quantitative estimate of drug-likeness (QED) is 0.925. The monoisotopic (exact) mass is 290 g/mol. The van der Waals surface area contributed by atoms with E-state index in [1.54, 1.807) is 0 Å². The summed E-state index contributed by atoms with van der Waals surface area (Å²) in [5.41, 5.74) is 1.40. The fourth-order valence-corrected chi connectivity index (χ4v) is 3.85. The summed E-state index contributed by atoms with van der Waals surface area (Å²) in [6.07, 6.45) is 12.0. The molecule has 0 spiro atoms. The number of nitrogens with one attached hydrogen (secondary N) is 1. The predicted molar refractivity (Wildman–Crippen MR) is 86.3 cm³/mol. The van der Waals surface area contributed by atoms with Crippen LogP contribution in [0.3, 0.4) is 0 Å².